The summed E-state index contributed by atoms with van der Waals surface area (Å²) in [4.78, 5) is 0. The lowest BCUT2D eigenvalue weighted by molar-refractivity contribution is 0.146. The molecule has 1 aliphatic heterocycles. The molecule has 1 saturated heterocycles. The average Bonchev–Trinajstić information content (AvgIpc) is 2.38. The molecular weight excluding hydrogens is 236 g/mol. The maximum absolute atomic E-state index is 13.0. The first-order valence-corrected chi connectivity index (χ1v) is 6.31. The highest BCUT2D eigenvalue weighted by molar-refractivity contribution is 5.49. The van der Waals surface area contributed by atoms with Crippen LogP contribution in [0.1, 0.15) is 41.9 Å². The molecule has 1 atom stereocenters. The van der Waals surface area contributed by atoms with Crippen molar-refractivity contribution in [3.8, 4) is 5.75 Å². The van der Waals surface area contributed by atoms with E-state index in [0.29, 0.717) is 5.75 Å². The summed E-state index contributed by atoms with van der Waals surface area (Å²) in [5, 5.41) is 3.32. The highest BCUT2D eigenvalue weighted by Gasteiger charge is 2.25. The third kappa shape index (κ3) is 2.48. The Labute approximate surface area is 106 Å². The minimum atomic E-state index is -2.49. The second-order valence-electron chi connectivity index (χ2n) is 4.76. The number of aryl methyl sites for hydroxylation is 1. The Morgan fingerprint density at radius 2 is 2.17 bits per heavy atom. The number of ether oxygens (including phenoxy) is 1. The molecular formula is C14H19F2NO. The van der Waals surface area contributed by atoms with Gasteiger partial charge in [-0.2, -0.15) is 0 Å². The zero-order valence-corrected chi connectivity index (χ0v) is 10.8. The van der Waals surface area contributed by atoms with Gasteiger partial charge in [0.1, 0.15) is 5.75 Å². The summed E-state index contributed by atoms with van der Waals surface area (Å²) in [5.74, 6) is 0.645. The number of hydrogen-bond donors (Lipinski definition) is 1. The summed E-state index contributed by atoms with van der Waals surface area (Å²) in [5.41, 5.74) is 1.98. The van der Waals surface area contributed by atoms with Gasteiger partial charge in [-0.3, -0.25) is 0 Å². The highest BCUT2D eigenvalue weighted by Crippen LogP contribution is 2.39. The van der Waals surface area contributed by atoms with Gasteiger partial charge in [-0.1, -0.05) is 6.07 Å². The molecule has 0 amide bonds. The van der Waals surface area contributed by atoms with E-state index >= 15 is 0 Å². The number of alkyl halides is 2. The maximum Gasteiger partial charge on any atom is 0.267 e. The van der Waals surface area contributed by atoms with Crippen molar-refractivity contribution in [2.45, 2.75) is 32.1 Å². The van der Waals surface area contributed by atoms with Crippen molar-refractivity contribution in [2.24, 2.45) is 0 Å². The number of benzene rings is 1. The van der Waals surface area contributed by atoms with E-state index in [9.17, 15) is 8.78 Å². The molecule has 1 unspecified atom stereocenters. The molecule has 1 aliphatic rings. The largest absolute Gasteiger partial charge is 0.496 e. The van der Waals surface area contributed by atoms with E-state index in [1.54, 1.807) is 6.07 Å². The summed E-state index contributed by atoms with van der Waals surface area (Å²) >= 11 is 0. The molecule has 4 heteroatoms. The predicted octanol–water partition coefficient (Wildman–Crippen LogP) is 3.41. The molecule has 1 fully saturated rings. The molecule has 0 radical (unpaired) electrons. The van der Waals surface area contributed by atoms with E-state index in [1.165, 1.54) is 13.2 Å². The van der Waals surface area contributed by atoms with Gasteiger partial charge < -0.3 is 10.1 Å². The van der Waals surface area contributed by atoms with Gasteiger partial charge in [-0.05, 0) is 37.9 Å². The maximum atomic E-state index is 13.0. The summed E-state index contributed by atoms with van der Waals surface area (Å²) in [7, 11) is 1.47. The molecule has 0 bridgehead atoms. The smallest absolute Gasteiger partial charge is 0.267 e. The Bertz CT molecular complexity index is 415. The Kier molecular flexibility index (Phi) is 4.17. The molecule has 2 nitrogen and oxygen atoms in total. The molecule has 1 N–H and O–H groups in total. The summed E-state index contributed by atoms with van der Waals surface area (Å²) in [6, 6.07) is 3.24. The van der Waals surface area contributed by atoms with Crippen LogP contribution >= 0.6 is 0 Å². The average molecular weight is 255 g/mol. The van der Waals surface area contributed by atoms with Gasteiger partial charge in [0, 0.05) is 18.0 Å². The minimum absolute atomic E-state index is 0.00340. The topological polar surface area (TPSA) is 21.3 Å². The second-order valence-corrected chi connectivity index (χ2v) is 4.76. The van der Waals surface area contributed by atoms with E-state index in [1.807, 2.05) is 6.92 Å². The summed E-state index contributed by atoms with van der Waals surface area (Å²) < 4.78 is 31.3. The quantitative estimate of drug-likeness (QED) is 0.893. The van der Waals surface area contributed by atoms with Crippen LogP contribution in [0.25, 0.3) is 0 Å². The van der Waals surface area contributed by atoms with Gasteiger partial charge >= 0.3 is 0 Å². The lowest BCUT2D eigenvalue weighted by Crippen LogP contribution is -2.29. The minimum Gasteiger partial charge on any atom is -0.496 e. The van der Waals surface area contributed by atoms with Gasteiger partial charge in [-0.15, -0.1) is 0 Å². The van der Waals surface area contributed by atoms with Crippen molar-refractivity contribution >= 4 is 0 Å². The van der Waals surface area contributed by atoms with Crippen LogP contribution < -0.4 is 10.1 Å². The lowest BCUT2D eigenvalue weighted by atomic mass is 9.86. The van der Waals surface area contributed by atoms with E-state index in [2.05, 4.69) is 5.32 Å². The number of nitrogens with one attached hydrogen (secondary N) is 1. The zero-order valence-electron chi connectivity index (χ0n) is 10.8. The Morgan fingerprint density at radius 1 is 1.39 bits per heavy atom. The van der Waals surface area contributed by atoms with E-state index < -0.39 is 6.43 Å². The first-order valence-electron chi connectivity index (χ1n) is 6.31. The number of methoxy groups -OCH3 is 1. The van der Waals surface area contributed by atoms with Gasteiger partial charge in [0.2, 0.25) is 0 Å². The van der Waals surface area contributed by atoms with E-state index in [0.717, 1.165) is 37.1 Å². The number of rotatable bonds is 3. The number of piperidine rings is 1. The fourth-order valence-corrected chi connectivity index (χ4v) is 2.72. The Morgan fingerprint density at radius 3 is 2.72 bits per heavy atom. The SMILES string of the molecule is COc1c(C(F)F)ccc(C)c1C1CCCNC1. The molecule has 0 spiro atoms. The van der Waals surface area contributed by atoms with Crippen LogP contribution in [0.15, 0.2) is 12.1 Å². The van der Waals surface area contributed by atoms with Crippen molar-refractivity contribution in [1.82, 2.24) is 5.32 Å². The first kappa shape index (κ1) is 13.3. The van der Waals surface area contributed by atoms with Crippen LogP contribution in [-0.4, -0.2) is 20.2 Å². The van der Waals surface area contributed by atoms with Crippen LogP contribution in [0.3, 0.4) is 0 Å². The Balaban J connectivity index is 2.45. The standard InChI is InChI=1S/C14H19F2NO/c1-9-5-6-11(14(15)16)13(18-2)12(9)10-4-3-7-17-8-10/h5-6,10,14,17H,3-4,7-8H2,1-2H3. The molecule has 100 valence electrons. The second kappa shape index (κ2) is 5.65. The van der Waals surface area contributed by atoms with Crippen LogP contribution in [-0.2, 0) is 0 Å². The van der Waals surface area contributed by atoms with Crippen molar-refractivity contribution in [3.05, 3.63) is 28.8 Å². The van der Waals surface area contributed by atoms with Gasteiger partial charge in [0.15, 0.2) is 0 Å². The predicted molar refractivity (Wildman–Crippen MR) is 67.5 cm³/mol. The summed E-state index contributed by atoms with van der Waals surface area (Å²) in [6.45, 7) is 3.80. The van der Waals surface area contributed by atoms with Crippen LogP contribution in [0.5, 0.6) is 5.75 Å². The highest BCUT2D eigenvalue weighted by atomic mass is 19.3. The molecule has 0 saturated carbocycles. The molecule has 1 heterocycles. The number of halogens is 2. The van der Waals surface area contributed by atoms with Crippen LogP contribution in [0, 0.1) is 6.92 Å². The molecule has 0 aromatic heterocycles. The van der Waals surface area contributed by atoms with Gasteiger partial charge in [0.05, 0.1) is 12.7 Å². The van der Waals surface area contributed by atoms with Crippen molar-refractivity contribution in [2.75, 3.05) is 20.2 Å². The molecule has 0 aliphatic carbocycles. The lowest BCUT2D eigenvalue weighted by Gasteiger charge is -2.27. The van der Waals surface area contributed by atoms with Crippen LogP contribution in [0.4, 0.5) is 8.78 Å². The molecule has 18 heavy (non-hydrogen) atoms. The van der Waals surface area contributed by atoms with Gasteiger partial charge in [0.25, 0.3) is 6.43 Å². The van der Waals surface area contributed by atoms with E-state index in [4.69, 9.17) is 4.74 Å². The fraction of sp³-hybridized carbons (Fsp3) is 0.571. The van der Waals surface area contributed by atoms with Crippen molar-refractivity contribution in [3.63, 3.8) is 0 Å². The van der Waals surface area contributed by atoms with Crippen molar-refractivity contribution < 1.29 is 13.5 Å². The first-order chi connectivity index (χ1) is 8.65. The molecule has 1 aromatic carbocycles. The van der Waals surface area contributed by atoms with Crippen molar-refractivity contribution in [1.29, 1.82) is 0 Å². The monoisotopic (exact) mass is 255 g/mol. The zero-order chi connectivity index (χ0) is 13.1. The third-order valence-corrected chi connectivity index (χ3v) is 3.59. The third-order valence-electron chi connectivity index (χ3n) is 3.59. The Hall–Kier alpha value is -1.16. The fourth-order valence-electron chi connectivity index (χ4n) is 2.72. The summed E-state index contributed by atoms with van der Waals surface area (Å²) in [6.07, 6.45) is -0.390. The molecule has 1 aromatic rings. The van der Waals surface area contributed by atoms with E-state index in [-0.39, 0.29) is 11.5 Å². The normalized spacial score (nSPS) is 20.2. The number of hydrogen-bond acceptors (Lipinski definition) is 2. The van der Waals surface area contributed by atoms with Gasteiger partial charge in [-0.25, -0.2) is 8.78 Å². The van der Waals surface area contributed by atoms with Crippen LogP contribution in [0.2, 0.25) is 0 Å². The molecule has 2 rings (SSSR count).